The maximum Gasteiger partial charge on any atom is 0.337 e. The first-order valence-electron chi connectivity index (χ1n) is 14.9. The number of ether oxygens (including phenoxy) is 1. The van der Waals surface area contributed by atoms with E-state index in [9.17, 15) is 19.2 Å². The van der Waals surface area contributed by atoms with Gasteiger partial charge in [0.25, 0.3) is 11.8 Å². The molecule has 4 aromatic carbocycles. The van der Waals surface area contributed by atoms with Crippen LogP contribution in [0.1, 0.15) is 31.1 Å². The maximum atomic E-state index is 13.5. The molecule has 0 spiro atoms. The highest BCUT2D eigenvalue weighted by atomic mass is 32.2. The van der Waals surface area contributed by atoms with E-state index in [0.717, 1.165) is 29.0 Å². The number of piperazine rings is 1. The smallest absolute Gasteiger partial charge is 0.337 e. The van der Waals surface area contributed by atoms with Crippen molar-refractivity contribution in [2.75, 3.05) is 54.6 Å². The molecule has 2 N–H and O–H groups in total. The average molecular weight is 666 g/mol. The van der Waals surface area contributed by atoms with E-state index in [1.54, 1.807) is 59.5 Å². The van der Waals surface area contributed by atoms with Crippen molar-refractivity contribution in [3.8, 4) is 0 Å². The molecule has 0 aliphatic carbocycles. The van der Waals surface area contributed by atoms with Gasteiger partial charge in [0, 0.05) is 43.2 Å². The van der Waals surface area contributed by atoms with Gasteiger partial charge in [0.05, 0.1) is 39.8 Å². The van der Waals surface area contributed by atoms with Gasteiger partial charge in [-0.15, -0.1) is 11.3 Å². The van der Waals surface area contributed by atoms with Gasteiger partial charge < -0.3 is 25.2 Å². The highest BCUT2D eigenvalue weighted by Gasteiger charge is 2.25. The largest absolute Gasteiger partial charge is 0.465 e. The highest BCUT2D eigenvalue weighted by Crippen LogP contribution is 2.32. The van der Waals surface area contributed by atoms with Gasteiger partial charge in [-0.05, 0) is 66.7 Å². The van der Waals surface area contributed by atoms with Crippen LogP contribution in [0.3, 0.4) is 0 Å². The number of hydrogen-bond donors (Lipinski definition) is 2. The van der Waals surface area contributed by atoms with Crippen molar-refractivity contribution in [2.24, 2.45) is 0 Å². The SMILES string of the molecule is COC(=O)c1ccc(NC(=O)CSc2nc3ccc(NC(=O)c4ccccc4C(=O)N4CCN(c5ccccc5)CC4)cc3s2)cc1. The molecule has 2 heterocycles. The predicted molar refractivity (Wildman–Crippen MR) is 186 cm³/mol. The zero-order chi connectivity index (χ0) is 32.8. The van der Waals surface area contributed by atoms with Gasteiger partial charge in [0.1, 0.15) is 0 Å². The van der Waals surface area contributed by atoms with Crippen LogP contribution in [-0.2, 0) is 9.53 Å². The van der Waals surface area contributed by atoms with Crippen LogP contribution in [0.2, 0.25) is 0 Å². The van der Waals surface area contributed by atoms with Gasteiger partial charge in [-0.25, -0.2) is 9.78 Å². The molecule has 0 saturated carbocycles. The molecule has 1 aromatic heterocycles. The Morgan fingerprint density at radius 3 is 2.21 bits per heavy atom. The first-order valence-corrected chi connectivity index (χ1v) is 16.7. The molecule has 1 aliphatic heterocycles. The quantitative estimate of drug-likeness (QED) is 0.145. The van der Waals surface area contributed by atoms with Gasteiger partial charge >= 0.3 is 5.97 Å². The van der Waals surface area contributed by atoms with Crippen LogP contribution < -0.4 is 15.5 Å². The molecule has 3 amide bonds. The van der Waals surface area contributed by atoms with Crippen molar-refractivity contribution >= 4 is 74.1 Å². The summed E-state index contributed by atoms with van der Waals surface area (Å²) in [6.45, 7) is 2.57. The molecule has 0 bridgehead atoms. The number of esters is 1. The number of carbonyl (C=O) groups is 4. The molecular formula is C35H31N5O5S2. The van der Waals surface area contributed by atoms with Gasteiger partial charge in [-0.3, -0.25) is 14.4 Å². The molecule has 10 nitrogen and oxygen atoms in total. The molecule has 6 rings (SSSR count). The number of nitrogens with one attached hydrogen (secondary N) is 2. The van der Waals surface area contributed by atoms with Crippen LogP contribution in [0.15, 0.2) is 101 Å². The third-order valence-corrected chi connectivity index (χ3v) is 9.79. The van der Waals surface area contributed by atoms with Crippen LogP contribution in [0, 0.1) is 0 Å². The zero-order valence-corrected chi connectivity index (χ0v) is 27.1. The van der Waals surface area contributed by atoms with Crippen molar-refractivity contribution in [1.82, 2.24) is 9.88 Å². The Hall–Kier alpha value is -5.20. The minimum absolute atomic E-state index is 0.147. The van der Waals surface area contributed by atoms with Crippen LogP contribution >= 0.6 is 23.1 Å². The number of rotatable bonds is 9. The van der Waals surface area contributed by atoms with Crippen molar-refractivity contribution in [2.45, 2.75) is 4.34 Å². The highest BCUT2D eigenvalue weighted by molar-refractivity contribution is 8.01. The van der Waals surface area contributed by atoms with Crippen molar-refractivity contribution < 1.29 is 23.9 Å². The number of methoxy groups -OCH3 is 1. The number of thioether (sulfide) groups is 1. The Kier molecular flexibility index (Phi) is 9.79. The Bertz CT molecular complexity index is 1920. The third kappa shape index (κ3) is 7.62. The molecule has 0 unspecified atom stereocenters. The number of fused-ring (bicyclic) bond motifs is 1. The van der Waals surface area contributed by atoms with E-state index in [1.807, 2.05) is 30.3 Å². The molecule has 1 fully saturated rings. The fourth-order valence-electron chi connectivity index (χ4n) is 5.22. The van der Waals surface area contributed by atoms with Gasteiger partial charge in [0.15, 0.2) is 4.34 Å². The number of thiazole rings is 1. The third-order valence-electron chi connectivity index (χ3n) is 7.63. The second-order valence-corrected chi connectivity index (χ2v) is 12.9. The summed E-state index contributed by atoms with van der Waals surface area (Å²) in [5.41, 5.74) is 4.12. The second kappa shape index (κ2) is 14.5. The van der Waals surface area contributed by atoms with Crippen molar-refractivity contribution in [3.05, 3.63) is 114 Å². The number of hydrogen-bond acceptors (Lipinski definition) is 9. The molecule has 47 heavy (non-hydrogen) atoms. The fraction of sp³-hybridized carbons (Fsp3) is 0.171. The minimum Gasteiger partial charge on any atom is -0.465 e. The molecule has 1 saturated heterocycles. The zero-order valence-electron chi connectivity index (χ0n) is 25.5. The molecule has 0 radical (unpaired) electrons. The first-order chi connectivity index (χ1) is 22.9. The Morgan fingerprint density at radius 2 is 1.49 bits per heavy atom. The van der Waals surface area contributed by atoms with Crippen LogP contribution in [0.25, 0.3) is 10.2 Å². The van der Waals surface area contributed by atoms with Crippen LogP contribution in [0.5, 0.6) is 0 Å². The Labute approximate surface area is 279 Å². The number of benzene rings is 4. The second-order valence-electron chi connectivity index (χ2n) is 10.7. The number of anilines is 3. The summed E-state index contributed by atoms with van der Waals surface area (Å²) in [4.78, 5) is 59.7. The Balaban J connectivity index is 1.05. The summed E-state index contributed by atoms with van der Waals surface area (Å²) in [5.74, 6) is -1.04. The summed E-state index contributed by atoms with van der Waals surface area (Å²) >= 11 is 2.73. The normalized spacial score (nSPS) is 12.9. The lowest BCUT2D eigenvalue weighted by Gasteiger charge is -2.36. The van der Waals surface area contributed by atoms with Gasteiger partial charge in [-0.2, -0.15) is 0 Å². The van der Waals surface area contributed by atoms with E-state index >= 15 is 0 Å². The summed E-state index contributed by atoms with van der Waals surface area (Å²) in [6.07, 6.45) is 0. The minimum atomic E-state index is -0.443. The monoisotopic (exact) mass is 665 g/mol. The van der Waals surface area contributed by atoms with Gasteiger partial charge in [-0.1, -0.05) is 42.1 Å². The predicted octanol–water partition coefficient (Wildman–Crippen LogP) is 6.03. The lowest BCUT2D eigenvalue weighted by Crippen LogP contribution is -2.49. The number of amides is 3. The average Bonchev–Trinajstić information content (AvgIpc) is 3.53. The Morgan fingerprint density at radius 1 is 0.809 bits per heavy atom. The number of carbonyl (C=O) groups excluding carboxylic acids is 4. The van der Waals surface area contributed by atoms with E-state index in [0.29, 0.717) is 45.5 Å². The van der Waals surface area contributed by atoms with Crippen LogP contribution in [0.4, 0.5) is 17.1 Å². The molecule has 0 atom stereocenters. The number of nitrogens with zero attached hydrogens (tertiary/aromatic N) is 3. The van der Waals surface area contributed by atoms with Crippen molar-refractivity contribution in [1.29, 1.82) is 0 Å². The lowest BCUT2D eigenvalue weighted by molar-refractivity contribution is -0.113. The molecule has 1 aliphatic rings. The van der Waals surface area contributed by atoms with E-state index in [4.69, 9.17) is 4.74 Å². The van der Waals surface area contributed by atoms with E-state index in [-0.39, 0.29) is 23.5 Å². The molecule has 238 valence electrons. The number of para-hydroxylation sites is 1. The van der Waals surface area contributed by atoms with Crippen LogP contribution in [-0.4, -0.2) is 72.6 Å². The first kappa shape index (κ1) is 31.8. The van der Waals surface area contributed by atoms with Gasteiger partial charge in [0.2, 0.25) is 5.91 Å². The summed E-state index contributed by atoms with van der Waals surface area (Å²) < 4.78 is 6.26. The standard InChI is InChI=1S/C35H31N5O5S2/c1-45-34(44)23-11-13-24(14-12-23)36-31(41)22-46-35-38-29-16-15-25(21-30(29)47-35)37-32(42)27-9-5-6-10-28(27)33(43)40-19-17-39(18-20-40)26-7-3-2-4-8-26/h2-16,21H,17-20,22H2,1H3,(H,36,41)(H,37,42). The lowest BCUT2D eigenvalue weighted by atomic mass is 10.0. The topological polar surface area (TPSA) is 121 Å². The summed E-state index contributed by atoms with van der Waals surface area (Å²) in [5, 5.41) is 5.75. The fourth-order valence-corrected chi connectivity index (χ4v) is 7.13. The molecule has 5 aromatic rings. The summed E-state index contributed by atoms with van der Waals surface area (Å²) in [7, 11) is 1.31. The number of aromatic nitrogens is 1. The van der Waals surface area contributed by atoms with E-state index in [1.165, 1.54) is 30.2 Å². The van der Waals surface area contributed by atoms with Crippen molar-refractivity contribution in [3.63, 3.8) is 0 Å². The summed E-state index contributed by atoms with van der Waals surface area (Å²) in [6, 6.07) is 28.9. The van der Waals surface area contributed by atoms with E-state index < -0.39 is 5.97 Å². The van der Waals surface area contributed by atoms with E-state index in [2.05, 4.69) is 32.7 Å². The molecule has 12 heteroatoms. The maximum absolute atomic E-state index is 13.5. The molecular weight excluding hydrogens is 635 g/mol.